The van der Waals surface area contributed by atoms with Crippen molar-refractivity contribution in [1.82, 2.24) is 10.3 Å². The number of benzene rings is 1. The van der Waals surface area contributed by atoms with E-state index in [0.717, 1.165) is 5.56 Å². The second-order valence-corrected chi connectivity index (χ2v) is 4.92. The molecule has 1 heterocycles. The minimum atomic E-state index is -0.288. The van der Waals surface area contributed by atoms with E-state index in [0.29, 0.717) is 17.7 Å². The zero-order chi connectivity index (χ0) is 15.4. The molecule has 1 aromatic carbocycles. The summed E-state index contributed by atoms with van der Waals surface area (Å²) in [5, 5.41) is 12.1. The molecule has 0 radical (unpaired) electrons. The molecule has 0 atom stereocenters. The van der Waals surface area contributed by atoms with Gasteiger partial charge in [-0.15, -0.1) is 0 Å². The van der Waals surface area contributed by atoms with Crippen molar-refractivity contribution in [2.75, 3.05) is 7.05 Å². The van der Waals surface area contributed by atoms with E-state index in [1.165, 1.54) is 11.6 Å². The molecule has 0 bridgehead atoms. The third kappa shape index (κ3) is 3.69. The Hall–Kier alpha value is -2.62. The molecule has 4 heteroatoms. The van der Waals surface area contributed by atoms with E-state index < -0.39 is 0 Å². The Bertz CT molecular complexity index is 693. The Morgan fingerprint density at radius 2 is 2.10 bits per heavy atom. The number of carbonyl (C=O) groups is 1. The Morgan fingerprint density at radius 3 is 2.71 bits per heavy atom. The monoisotopic (exact) mass is 282 g/mol. The highest BCUT2D eigenvalue weighted by Crippen LogP contribution is 2.16. The molecule has 0 unspecified atom stereocenters. The van der Waals surface area contributed by atoms with Gasteiger partial charge in [0.05, 0.1) is 0 Å². The summed E-state index contributed by atoms with van der Waals surface area (Å²) in [5.41, 5.74) is 3.76. The first kappa shape index (κ1) is 14.8. The van der Waals surface area contributed by atoms with Gasteiger partial charge in [-0.1, -0.05) is 36.4 Å². The molecule has 0 saturated heterocycles. The lowest BCUT2D eigenvalue weighted by Crippen LogP contribution is -2.20. The third-order valence-electron chi connectivity index (χ3n) is 3.14. The molecular weight excluding hydrogens is 264 g/mol. The number of aliphatic hydroxyl groups excluding tert-OH is 1. The van der Waals surface area contributed by atoms with Crippen LogP contribution < -0.4 is 5.32 Å². The Balaban J connectivity index is 2.40. The first-order valence-corrected chi connectivity index (χ1v) is 6.66. The number of aliphatic hydroxyl groups is 1. The number of hydrogen-bond acceptors (Lipinski definition) is 3. The van der Waals surface area contributed by atoms with Gasteiger partial charge in [0.2, 0.25) is 0 Å². The van der Waals surface area contributed by atoms with Crippen LogP contribution in [0.3, 0.4) is 0 Å². The summed E-state index contributed by atoms with van der Waals surface area (Å²) in [6.07, 6.45) is 0.590. The van der Waals surface area contributed by atoms with Gasteiger partial charge in [-0.25, -0.2) is 4.98 Å². The van der Waals surface area contributed by atoms with Gasteiger partial charge in [0.15, 0.2) is 0 Å². The van der Waals surface area contributed by atoms with Gasteiger partial charge in [0.1, 0.15) is 11.5 Å². The largest absolute Gasteiger partial charge is 0.508 e. The number of pyridine rings is 1. The van der Waals surface area contributed by atoms with Gasteiger partial charge in [-0.05, 0) is 24.6 Å². The first-order valence-electron chi connectivity index (χ1n) is 6.66. The van der Waals surface area contributed by atoms with Crippen LogP contribution in [0.1, 0.15) is 32.9 Å². The predicted molar refractivity (Wildman–Crippen MR) is 83.3 cm³/mol. The van der Waals surface area contributed by atoms with E-state index in [4.69, 9.17) is 0 Å². The normalized spacial score (nSPS) is 10.2. The average Bonchev–Trinajstić information content (AvgIpc) is 2.46. The number of nitrogens with zero attached hydrogens (tertiary/aromatic N) is 1. The maximum Gasteiger partial charge on any atom is 0.269 e. The molecule has 0 aliphatic carbocycles. The highest BCUT2D eigenvalue weighted by Gasteiger charge is 2.11. The van der Waals surface area contributed by atoms with Crippen LogP contribution in [0.5, 0.6) is 0 Å². The van der Waals surface area contributed by atoms with Crippen molar-refractivity contribution in [3.8, 4) is 0 Å². The van der Waals surface area contributed by atoms with E-state index in [1.54, 1.807) is 13.1 Å². The summed E-state index contributed by atoms with van der Waals surface area (Å²) < 4.78 is 0. The Labute approximate surface area is 124 Å². The first-order chi connectivity index (χ1) is 9.99. The minimum Gasteiger partial charge on any atom is -0.508 e. The molecular formula is C17H18N2O2. The number of nitrogens with one attached hydrogen (secondary N) is 1. The predicted octanol–water partition coefficient (Wildman–Crippen LogP) is 2.87. The lowest BCUT2D eigenvalue weighted by molar-refractivity contribution is 0.0958. The maximum absolute atomic E-state index is 11.8. The average molecular weight is 282 g/mol. The van der Waals surface area contributed by atoms with Crippen LogP contribution in [0.2, 0.25) is 0 Å². The smallest absolute Gasteiger partial charge is 0.269 e. The fourth-order valence-electron chi connectivity index (χ4n) is 2.12. The molecule has 0 saturated carbocycles. The van der Waals surface area contributed by atoms with Crippen molar-refractivity contribution in [2.45, 2.75) is 13.3 Å². The van der Waals surface area contributed by atoms with Crippen LogP contribution in [0.4, 0.5) is 0 Å². The van der Waals surface area contributed by atoms with Crippen LogP contribution in [0, 0.1) is 6.92 Å². The highest BCUT2D eigenvalue weighted by molar-refractivity contribution is 5.92. The maximum atomic E-state index is 11.8. The van der Waals surface area contributed by atoms with Crippen molar-refractivity contribution in [3.63, 3.8) is 0 Å². The van der Waals surface area contributed by atoms with Crippen molar-refractivity contribution in [2.24, 2.45) is 0 Å². The molecule has 0 spiro atoms. The number of rotatable bonds is 4. The zero-order valence-corrected chi connectivity index (χ0v) is 12.2. The second-order valence-electron chi connectivity index (χ2n) is 4.92. The fraction of sp³-hybridized carbons (Fsp3) is 0.176. The summed E-state index contributed by atoms with van der Waals surface area (Å²) in [5.74, 6) is -0.364. The SMILES string of the molecule is C=C(O)c1cc(Cc2cccc(C)c2)nc(C(=O)NC)c1. The van der Waals surface area contributed by atoms with Gasteiger partial charge >= 0.3 is 0 Å². The van der Waals surface area contributed by atoms with Gasteiger partial charge in [-0.2, -0.15) is 0 Å². The number of aryl methyl sites for hydroxylation is 1. The van der Waals surface area contributed by atoms with Crippen molar-refractivity contribution < 1.29 is 9.90 Å². The molecule has 4 nitrogen and oxygen atoms in total. The third-order valence-corrected chi connectivity index (χ3v) is 3.14. The van der Waals surface area contributed by atoms with Crippen molar-refractivity contribution in [1.29, 1.82) is 0 Å². The summed E-state index contributed by atoms with van der Waals surface area (Å²) >= 11 is 0. The van der Waals surface area contributed by atoms with E-state index >= 15 is 0 Å². The van der Waals surface area contributed by atoms with Crippen molar-refractivity contribution in [3.05, 3.63) is 71.1 Å². The standard InChI is InChI=1S/C17H18N2O2/c1-11-5-4-6-13(7-11)8-15-9-14(12(2)20)10-16(19-15)17(21)18-3/h4-7,9-10,20H,2,8H2,1,3H3,(H,18,21). The number of aromatic nitrogens is 1. The summed E-state index contributed by atoms with van der Waals surface area (Å²) in [4.78, 5) is 16.1. The number of amides is 1. The topological polar surface area (TPSA) is 62.2 Å². The van der Waals surface area contributed by atoms with Crippen molar-refractivity contribution >= 4 is 11.7 Å². The lowest BCUT2D eigenvalue weighted by Gasteiger charge is -2.08. The molecule has 108 valence electrons. The van der Waals surface area contributed by atoms with E-state index in [-0.39, 0.29) is 17.4 Å². The van der Waals surface area contributed by atoms with Crippen LogP contribution in [-0.4, -0.2) is 23.0 Å². The van der Waals surface area contributed by atoms with Crippen LogP contribution in [-0.2, 0) is 6.42 Å². The van der Waals surface area contributed by atoms with Crippen LogP contribution >= 0.6 is 0 Å². The Morgan fingerprint density at radius 1 is 1.33 bits per heavy atom. The van der Waals surface area contributed by atoms with Crippen LogP contribution in [0.15, 0.2) is 43.0 Å². The van der Waals surface area contributed by atoms with E-state index in [1.807, 2.05) is 25.1 Å². The van der Waals surface area contributed by atoms with Gasteiger partial charge in [0.25, 0.3) is 5.91 Å². The van der Waals surface area contributed by atoms with Gasteiger partial charge in [-0.3, -0.25) is 4.79 Å². The summed E-state index contributed by atoms with van der Waals surface area (Å²) in [6, 6.07) is 11.4. The van der Waals surface area contributed by atoms with Gasteiger partial charge < -0.3 is 10.4 Å². The molecule has 0 aliphatic rings. The number of hydrogen-bond donors (Lipinski definition) is 2. The van der Waals surface area contributed by atoms with E-state index in [9.17, 15) is 9.90 Å². The second kappa shape index (κ2) is 6.22. The zero-order valence-electron chi connectivity index (χ0n) is 12.2. The Kier molecular flexibility index (Phi) is 4.38. The highest BCUT2D eigenvalue weighted by atomic mass is 16.3. The van der Waals surface area contributed by atoms with E-state index in [2.05, 4.69) is 22.9 Å². The molecule has 2 N–H and O–H groups in total. The summed E-state index contributed by atoms with van der Waals surface area (Å²) in [6.45, 7) is 5.54. The molecule has 2 aromatic rings. The molecule has 1 amide bonds. The molecule has 0 aliphatic heterocycles. The summed E-state index contributed by atoms with van der Waals surface area (Å²) in [7, 11) is 1.55. The molecule has 2 rings (SSSR count). The molecule has 1 aromatic heterocycles. The number of carbonyl (C=O) groups excluding carboxylic acids is 1. The molecule has 0 fully saturated rings. The van der Waals surface area contributed by atoms with Gasteiger partial charge in [0, 0.05) is 24.7 Å². The van der Waals surface area contributed by atoms with Crippen LogP contribution in [0.25, 0.3) is 5.76 Å². The lowest BCUT2D eigenvalue weighted by atomic mass is 10.0. The fourth-order valence-corrected chi connectivity index (χ4v) is 2.12. The minimum absolute atomic E-state index is 0.0759. The quantitative estimate of drug-likeness (QED) is 0.848. The molecule has 21 heavy (non-hydrogen) atoms.